The van der Waals surface area contributed by atoms with Gasteiger partial charge in [0.2, 0.25) is 11.8 Å². The van der Waals surface area contributed by atoms with Gasteiger partial charge in [0.05, 0.1) is 36.1 Å². The molecule has 0 spiro atoms. The quantitative estimate of drug-likeness (QED) is 0.0522. The van der Waals surface area contributed by atoms with Gasteiger partial charge in [-0.25, -0.2) is 0 Å². The van der Waals surface area contributed by atoms with E-state index in [1.54, 1.807) is 24.3 Å². The number of hydrogen-bond acceptors (Lipinski definition) is 10. The average Bonchev–Trinajstić information content (AvgIpc) is 3.43. The molecule has 0 unspecified atom stereocenters. The maximum Gasteiger partial charge on any atom is 1.00 e. The van der Waals surface area contributed by atoms with Gasteiger partial charge in [-0.05, 0) is 135 Å². The molecule has 0 bridgehead atoms. The summed E-state index contributed by atoms with van der Waals surface area (Å²) in [4.78, 5) is 78.4. The standard InChI is InChI=1S/2C32H38N2O5.2Li/c2*1-22(2)21-29(33-28(32(38)39)16-10-13-24-11-6-4-7-12-24)30(35)34(23(3)31(36)37)27-19-17-26(18-20-27)25-14-8-5-9-15-25;;/h2*4-9,11-12,14-15,17-20,22-23,28-29,33H,10,13,16,21H2,1-3H3,(H,36,37)(H,38,39);;/q;;2*+1/p-2/t2*23-,28+,29-;;/m00../s1. The van der Waals surface area contributed by atoms with Crippen LogP contribution in [0.4, 0.5) is 11.4 Å². The van der Waals surface area contributed by atoms with Crippen molar-refractivity contribution in [2.75, 3.05) is 9.80 Å². The van der Waals surface area contributed by atoms with Crippen molar-refractivity contribution in [1.29, 1.82) is 0 Å². The maximum absolute atomic E-state index is 13.9. The number of carboxylic acid groups (broad SMARTS) is 4. The van der Waals surface area contributed by atoms with E-state index in [0.717, 1.165) is 46.2 Å². The van der Waals surface area contributed by atoms with Crippen LogP contribution >= 0.6 is 0 Å². The maximum atomic E-state index is 13.9. The zero-order valence-electron chi connectivity index (χ0n) is 47.5. The zero-order chi connectivity index (χ0) is 56.7. The first kappa shape index (κ1) is 67.5. The monoisotopic (exact) mass is 1070 g/mol. The second kappa shape index (κ2) is 34.4. The molecule has 0 saturated heterocycles. The number of rotatable bonds is 28. The molecule has 0 saturated carbocycles. The normalized spacial score (nSPS) is 13.1. The number of carbonyl (C=O) groups is 6. The van der Waals surface area contributed by atoms with E-state index in [0.29, 0.717) is 49.9 Å². The molecule has 6 atom stereocenters. The first-order chi connectivity index (χ1) is 37.3. The minimum Gasteiger partial charge on any atom is -0.548 e. The van der Waals surface area contributed by atoms with Gasteiger partial charge in [-0.3, -0.25) is 29.8 Å². The molecule has 6 aromatic rings. The predicted octanol–water partition coefficient (Wildman–Crippen LogP) is 2.62. The number of carbonyl (C=O) groups excluding carboxylic acids is 4. The molecule has 16 heteroatoms. The molecule has 80 heavy (non-hydrogen) atoms. The topological polar surface area (TPSA) is 220 Å². The molecule has 4 N–H and O–H groups in total. The summed E-state index contributed by atoms with van der Waals surface area (Å²) in [5.41, 5.74) is 6.88. The Bertz CT molecular complexity index is 2630. The summed E-state index contributed by atoms with van der Waals surface area (Å²) < 4.78 is 0. The van der Waals surface area contributed by atoms with Crippen LogP contribution in [0.3, 0.4) is 0 Å². The number of anilines is 2. The van der Waals surface area contributed by atoms with E-state index in [1.807, 2.05) is 173 Å². The Kier molecular flexibility index (Phi) is 29.0. The largest absolute Gasteiger partial charge is 1.00 e. The number of hydrogen-bond donors (Lipinski definition) is 4. The molecule has 2 amide bonds. The molecule has 14 nitrogen and oxygen atoms in total. The van der Waals surface area contributed by atoms with Gasteiger partial charge >= 0.3 is 49.7 Å². The second-order valence-corrected chi connectivity index (χ2v) is 20.5. The van der Waals surface area contributed by atoms with Gasteiger partial charge in [0.15, 0.2) is 0 Å². The third kappa shape index (κ3) is 21.1. The fourth-order valence-corrected chi connectivity index (χ4v) is 9.30. The van der Waals surface area contributed by atoms with Crippen LogP contribution in [0.25, 0.3) is 22.3 Å². The number of benzene rings is 6. The SMILES string of the molecule is CC(C)C[C@H](N[C@H](CCCc1ccccc1)C(=O)O)C(=O)N(c1ccc(-c2ccccc2)cc1)[C@@H](C)C(=O)[O-].CC(C)C[C@H](N[C@H](CCCc1ccccc1)C(=O)O)C(=O)N(c1ccc(-c2ccccc2)cc1)[C@@H](C)C(=O)[O-].[Li+].[Li+]. The Hall–Kier alpha value is -6.75. The first-order valence-electron chi connectivity index (χ1n) is 26.8. The van der Waals surface area contributed by atoms with Crippen molar-refractivity contribution in [2.24, 2.45) is 11.8 Å². The Morgan fingerprint density at radius 3 is 0.950 bits per heavy atom. The van der Waals surface area contributed by atoms with Crippen molar-refractivity contribution < 1.29 is 86.9 Å². The van der Waals surface area contributed by atoms with Gasteiger partial charge in [-0.15, -0.1) is 0 Å². The molecule has 0 aliphatic rings. The number of nitrogens with zero attached hydrogens (tertiary/aromatic N) is 2. The van der Waals surface area contributed by atoms with Crippen molar-refractivity contribution in [2.45, 2.75) is 129 Å². The van der Waals surface area contributed by atoms with E-state index in [9.17, 15) is 49.2 Å². The number of aliphatic carboxylic acids is 4. The van der Waals surface area contributed by atoms with Gasteiger partial charge in [-0.1, -0.05) is 173 Å². The van der Waals surface area contributed by atoms with Crippen LogP contribution in [-0.2, 0) is 41.6 Å². The summed E-state index contributed by atoms with van der Waals surface area (Å²) in [6, 6.07) is 47.0. The Balaban J connectivity index is 0.000000410. The van der Waals surface area contributed by atoms with Crippen molar-refractivity contribution in [1.82, 2.24) is 10.6 Å². The third-order valence-corrected chi connectivity index (χ3v) is 13.5. The fraction of sp³-hybridized carbons (Fsp3) is 0.344. The number of carboxylic acids is 4. The molecule has 0 heterocycles. The van der Waals surface area contributed by atoms with Gasteiger partial charge in [0.1, 0.15) is 12.1 Å². The smallest absolute Gasteiger partial charge is 0.548 e. The summed E-state index contributed by atoms with van der Waals surface area (Å²) in [6.07, 6.45) is 4.03. The molecule has 0 aliphatic carbocycles. The molecular weight excluding hydrogens is 999 g/mol. The molecular formula is C64H74Li2N4O10. The van der Waals surface area contributed by atoms with Gasteiger partial charge < -0.3 is 39.8 Å². The number of nitrogens with one attached hydrogen (secondary N) is 2. The van der Waals surface area contributed by atoms with Crippen LogP contribution < -0.4 is 68.4 Å². The summed E-state index contributed by atoms with van der Waals surface area (Å²) in [7, 11) is 0. The van der Waals surface area contributed by atoms with Crippen molar-refractivity contribution in [3.05, 3.63) is 181 Å². The van der Waals surface area contributed by atoms with E-state index in [2.05, 4.69) is 10.6 Å². The van der Waals surface area contributed by atoms with Crippen LogP contribution in [0.15, 0.2) is 170 Å². The van der Waals surface area contributed by atoms with Crippen molar-refractivity contribution >= 4 is 47.1 Å². The van der Waals surface area contributed by atoms with Crippen LogP contribution in [-0.4, -0.2) is 82.2 Å². The molecule has 6 aromatic carbocycles. The first-order valence-corrected chi connectivity index (χ1v) is 26.8. The van der Waals surface area contributed by atoms with E-state index in [-0.39, 0.29) is 49.6 Å². The third-order valence-electron chi connectivity index (χ3n) is 13.5. The summed E-state index contributed by atoms with van der Waals surface area (Å²) in [5.74, 6) is -5.75. The fourth-order valence-electron chi connectivity index (χ4n) is 9.30. The van der Waals surface area contributed by atoms with Crippen LogP contribution in [0.1, 0.15) is 91.2 Å². The number of amides is 2. The Morgan fingerprint density at radius 2 is 0.688 bits per heavy atom. The minimum atomic E-state index is -1.39. The zero-order valence-corrected chi connectivity index (χ0v) is 47.5. The van der Waals surface area contributed by atoms with E-state index < -0.39 is 71.9 Å². The van der Waals surface area contributed by atoms with Crippen molar-refractivity contribution in [3.63, 3.8) is 0 Å². The number of aryl methyl sites for hydroxylation is 2. The van der Waals surface area contributed by atoms with Gasteiger partial charge in [0, 0.05) is 11.4 Å². The second-order valence-electron chi connectivity index (χ2n) is 20.5. The van der Waals surface area contributed by atoms with E-state index >= 15 is 0 Å². The summed E-state index contributed by atoms with van der Waals surface area (Å²) in [5, 5.41) is 49.8. The van der Waals surface area contributed by atoms with Crippen LogP contribution in [0.2, 0.25) is 0 Å². The van der Waals surface area contributed by atoms with Crippen molar-refractivity contribution in [3.8, 4) is 22.3 Å². The molecule has 0 aliphatic heterocycles. The van der Waals surface area contributed by atoms with Crippen LogP contribution in [0.5, 0.6) is 0 Å². The van der Waals surface area contributed by atoms with Crippen LogP contribution in [0, 0.1) is 11.8 Å². The molecule has 412 valence electrons. The van der Waals surface area contributed by atoms with E-state index in [1.165, 1.54) is 23.6 Å². The minimum absolute atomic E-state index is 0. The van der Waals surface area contributed by atoms with Gasteiger partial charge in [-0.2, -0.15) is 0 Å². The molecule has 0 aromatic heterocycles. The van der Waals surface area contributed by atoms with Gasteiger partial charge in [0.25, 0.3) is 0 Å². The molecule has 0 radical (unpaired) electrons. The predicted molar refractivity (Wildman–Crippen MR) is 302 cm³/mol. The molecule has 6 rings (SSSR count). The summed E-state index contributed by atoms with van der Waals surface area (Å²) >= 11 is 0. The molecule has 0 fully saturated rings. The Labute approximate surface area is 495 Å². The Morgan fingerprint density at radius 1 is 0.412 bits per heavy atom. The summed E-state index contributed by atoms with van der Waals surface area (Å²) in [6.45, 7) is 10.6. The van der Waals surface area contributed by atoms with E-state index in [4.69, 9.17) is 0 Å². The average molecular weight is 1070 g/mol.